The summed E-state index contributed by atoms with van der Waals surface area (Å²) in [6.07, 6.45) is 0.0334. The molecule has 9 heteroatoms. The molecule has 0 aliphatic carbocycles. The molecule has 0 radical (unpaired) electrons. The summed E-state index contributed by atoms with van der Waals surface area (Å²) in [5.41, 5.74) is 2.65. The number of benzene rings is 1. The summed E-state index contributed by atoms with van der Waals surface area (Å²) < 4.78 is 2.68. The number of hydrogen-bond acceptors (Lipinski definition) is 5. The van der Waals surface area contributed by atoms with Crippen LogP contribution in [-0.2, 0) is 24.3 Å². The van der Waals surface area contributed by atoms with Crippen LogP contribution in [0.4, 0.5) is 0 Å². The van der Waals surface area contributed by atoms with E-state index in [2.05, 4.69) is 27.7 Å². The number of nitrogens with zero attached hydrogens (tertiary/aromatic N) is 4. The SMILES string of the molecule is C[C@@H]1Cc2nn3c(c2CN1C(=O)c1ccc(I)cc1)C(=O)N(C)O[C@H](CO)C3. The molecule has 8 nitrogen and oxygen atoms in total. The van der Waals surface area contributed by atoms with Gasteiger partial charge in [-0.3, -0.25) is 19.1 Å². The Hall–Kier alpha value is -1.98. The fourth-order valence-corrected chi connectivity index (χ4v) is 4.09. The minimum absolute atomic E-state index is 0.0314. The van der Waals surface area contributed by atoms with Gasteiger partial charge < -0.3 is 10.0 Å². The average molecular weight is 496 g/mol. The molecule has 0 spiro atoms. The third-order valence-corrected chi connectivity index (χ3v) is 5.93. The smallest absolute Gasteiger partial charge is 0.295 e. The average Bonchev–Trinajstić information content (AvgIpc) is 2.96. The van der Waals surface area contributed by atoms with Crippen LogP contribution in [0.15, 0.2) is 24.3 Å². The van der Waals surface area contributed by atoms with Crippen LogP contribution >= 0.6 is 22.6 Å². The molecule has 1 aromatic heterocycles. The second-order valence-electron chi connectivity index (χ2n) is 7.16. The summed E-state index contributed by atoms with van der Waals surface area (Å²) in [4.78, 5) is 33.2. The number of amides is 2. The van der Waals surface area contributed by atoms with Crippen LogP contribution in [0.25, 0.3) is 0 Å². The van der Waals surface area contributed by atoms with E-state index >= 15 is 0 Å². The van der Waals surface area contributed by atoms with Crippen molar-refractivity contribution in [2.75, 3.05) is 13.7 Å². The standard InChI is InChI=1S/C19H21IN4O4/c1-11-7-16-15(9-23(11)18(26)12-3-5-13(20)6-4-12)17-19(27)22(2)28-14(10-25)8-24(17)21-16/h3-6,11,14,25H,7-10H2,1-2H3/t11-,14+/m1/s1. The summed E-state index contributed by atoms with van der Waals surface area (Å²) in [5.74, 6) is -0.380. The second-order valence-corrected chi connectivity index (χ2v) is 8.41. The van der Waals surface area contributed by atoms with Gasteiger partial charge in [0.1, 0.15) is 11.8 Å². The van der Waals surface area contributed by atoms with E-state index in [9.17, 15) is 14.7 Å². The van der Waals surface area contributed by atoms with Crippen LogP contribution in [0.1, 0.15) is 39.0 Å². The number of aliphatic hydroxyl groups excluding tert-OH is 1. The molecule has 4 rings (SSSR count). The summed E-state index contributed by atoms with van der Waals surface area (Å²) >= 11 is 2.21. The Morgan fingerprint density at radius 2 is 2.07 bits per heavy atom. The molecule has 0 unspecified atom stereocenters. The minimum atomic E-state index is -0.543. The summed E-state index contributed by atoms with van der Waals surface area (Å²) in [6.45, 7) is 2.38. The molecule has 2 aliphatic heterocycles. The summed E-state index contributed by atoms with van der Waals surface area (Å²) in [6, 6.07) is 7.43. The van der Waals surface area contributed by atoms with Gasteiger partial charge in [-0.1, -0.05) is 0 Å². The lowest BCUT2D eigenvalue weighted by Crippen LogP contribution is -2.43. The van der Waals surface area contributed by atoms with Crippen molar-refractivity contribution < 1.29 is 19.5 Å². The first-order chi connectivity index (χ1) is 13.4. The van der Waals surface area contributed by atoms with Gasteiger partial charge >= 0.3 is 0 Å². The molecule has 2 aromatic rings. The second kappa shape index (κ2) is 7.45. The third-order valence-electron chi connectivity index (χ3n) is 5.21. The van der Waals surface area contributed by atoms with Gasteiger partial charge in [-0.2, -0.15) is 5.10 Å². The first kappa shape index (κ1) is 19.3. The van der Waals surface area contributed by atoms with Gasteiger partial charge in [-0.05, 0) is 53.8 Å². The van der Waals surface area contributed by atoms with Crippen LogP contribution in [-0.4, -0.2) is 62.5 Å². The zero-order valence-electron chi connectivity index (χ0n) is 15.6. The Labute approximate surface area is 176 Å². The van der Waals surface area contributed by atoms with Crippen LogP contribution in [0, 0.1) is 3.57 Å². The van der Waals surface area contributed by atoms with E-state index in [4.69, 9.17) is 4.84 Å². The molecule has 0 saturated heterocycles. The quantitative estimate of drug-likeness (QED) is 0.637. The van der Waals surface area contributed by atoms with Crippen LogP contribution in [0.2, 0.25) is 0 Å². The van der Waals surface area contributed by atoms with Crippen LogP contribution < -0.4 is 0 Å². The lowest BCUT2D eigenvalue weighted by atomic mass is 9.98. The molecule has 2 aliphatic rings. The molecule has 0 saturated carbocycles. The predicted octanol–water partition coefficient (Wildman–Crippen LogP) is 1.45. The molecule has 0 fully saturated rings. The van der Waals surface area contributed by atoms with E-state index in [1.54, 1.807) is 9.58 Å². The van der Waals surface area contributed by atoms with E-state index in [-0.39, 0.29) is 31.0 Å². The maximum absolute atomic E-state index is 13.1. The monoisotopic (exact) mass is 496 g/mol. The largest absolute Gasteiger partial charge is 0.393 e. The Balaban J connectivity index is 1.69. The highest BCUT2D eigenvalue weighted by Crippen LogP contribution is 2.29. The van der Waals surface area contributed by atoms with Gasteiger partial charge in [0.25, 0.3) is 11.8 Å². The number of hydrogen-bond donors (Lipinski definition) is 1. The highest BCUT2D eigenvalue weighted by atomic mass is 127. The molecule has 28 heavy (non-hydrogen) atoms. The van der Waals surface area contributed by atoms with E-state index in [1.807, 2.05) is 31.2 Å². The molecule has 1 aromatic carbocycles. The molecule has 1 N–H and O–H groups in total. The Bertz CT molecular complexity index is 927. The number of carbonyl (C=O) groups is 2. The summed E-state index contributed by atoms with van der Waals surface area (Å²) in [7, 11) is 1.53. The zero-order valence-corrected chi connectivity index (χ0v) is 17.8. The first-order valence-electron chi connectivity index (χ1n) is 9.09. The van der Waals surface area contributed by atoms with Crippen LogP contribution in [0.3, 0.4) is 0 Å². The highest BCUT2D eigenvalue weighted by Gasteiger charge is 2.37. The fourth-order valence-electron chi connectivity index (χ4n) is 3.73. The predicted molar refractivity (Wildman–Crippen MR) is 108 cm³/mol. The molecule has 3 heterocycles. The van der Waals surface area contributed by atoms with E-state index in [1.165, 1.54) is 7.05 Å². The van der Waals surface area contributed by atoms with Crippen LogP contribution in [0.5, 0.6) is 0 Å². The van der Waals surface area contributed by atoms with Crippen molar-refractivity contribution >= 4 is 34.4 Å². The number of carbonyl (C=O) groups excluding carboxylic acids is 2. The Morgan fingerprint density at radius 3 is 2.75 bits per heavy atom. The maximum atomic E-state index is 13.1. The number of halogens is 1. The van der Waals surface area contributed by atoms with Gasteiger partial charge in [0.05, 0.1) is 25.4 Å². The van der Waals surface area contributed by atoms with Crippen molar-refractivity contribution in [1.29, 1.82) is 0 Å². The Kier molecular flexibility index (Phi) is 5.15. The number of fused-ring (bicyclic) bond motifs is 3. The third kappa shape index (κ3) is 3.31. The van der Waals surface area contributed by atoms with E-state index < -0.39 is 6.10 Å². The van der Waals surface area contributed by atoms with Crippen molar-refractivity contribution in [3.63, 3.8) is 0 Å². The highest BCUT2D eigenvalue weighted by molar-refractivity contribution is 14.1. The topological polar surface area (TPSA) is 87.9 Å². The lowest BCUT2D eigenvalue weighted by molar-refractivity contribution is -0.159. The van der Waals surface area contributed by atoms with Gasteiger partial charge in [0.2, 0.25) is 0 Å². The molecular formula is C19H21IN4O4. The fraction of sp³-hybridized carbons (Fsp3) is 0.421. The maximum Gasteiger partial charge on any atom is 0.295 e. The van der Waals surface area contributed by atoms with Crippen molar-refractivity contribution in [1.82, 2.24) is 19.7 Å². The van der Waals surface area contributed by atoms with Gasteiger partial charge in [0, 0.05) is 34.2 Å². The molecule has 2 atom stereocenters. The zero-order chi connectivity index (χ0) is 20.0. The van der Waals surface area contributed by atoms with Crippen molar-refractivity contribution in [2.24, 2.45) is 0 Å². The number of aromatic nitrogens is 2. The molecule has 148 valence electrons. The molecular weight excluding hydrogens is 475 g/mol. The molecule has 2 amide bonds. The first-order valence-corrected chi connectivity index (χ1v) is 10.2. The van der Waals surface area contributed by atoms with Gasteiger partial charge in [-0.25, -0.2) is 5.06 Å². The number of rotatable bonds is 2. The minimum Gasteiger partial charge on any atom is -0.393 e. The van der Waals surface area contributed by atoms with E-state index in [0.29, 0.717) is 24.2 Å². The van der Waals surface area contributed by atoms with Crippen molar-refractivity contribution in [3.05, 3.63) is 50.4 Å². The van der Waals surface area contributed by atoms with Gasteiger partial charge in [-0.15, -0.1) is 0 Å². The van der Waals surface area contributed by atoms with E-state index in [0.717, 1.165) is 19.9 Å². The van der Waals surface area contributed by atoms with Crippen molar-refractivity contribution in [3.8, 4) is 0 Å². The number of hydroxylamine groups is 2. The normalized spacial score (nSPS) is 21.9. The lowest BCUT2D eigenvalue weighted by Gasteiger charge is -2.33. The molecule has 0 bridgehead atoms. The number of aliphatic hydroxyl groups is 1. The summed E-state index contributed by atoms with van der Waals surface area (Å²) in [5, 5.41) is 15.2. The van der Waals surface area contributed by atoms with Gasteiger partial charge in [0.15, 0.2) is 0 Å². The Morgan fingerprint density at radius 1 is 1.36 bits per heavy atom. The van der Waals surface area contributed by atoms with Crippen molar-refractivity contribution in [2.45, 2.75) is 38.6 Å².